The molecule has 1 aliphatic heterocycles. The molecule has 0 saturated heterocycles. The minimum absolute atomic E-state index is 0.232. The molecule has 1 N–H and O–H groups in total. The zero-order chi connectivity index (χ0) is 19.2. The highest BCUT2D eigenvalue weighted by molar-refractivity contribution is 6.30. The van der Waals surface area contributed by atoms with Gasteiger partial charge in [0.2, 0.25) is 0 Å². The van der Waals surface area contributed by atoms with Crippen molar-refractivity contribution in [2.45, 2.75) is 25.9 Å². The number of fused-ring (bicyclic) bond motifs is 1. The molecule has 0 fully saturated rings. The minimum Gasteiger partial charge on any atom is -0.492 e. The maximum Gasteiger partial charge on any atom is 0.313 e. The zero-order valence-corrected chi connectivity index (χ0v) is 15.9. The van der Waals surface area contributed by atoms with E-state index in [1.54, 1.807) is 25.1 Å². The Hall–Kier alpha value is -2.53. The predicted octanol–water partition coefficient (Wildman–Crippen LogP) is 3.18. The number of nitrogens with one attached hydrogen (secondary N) is 1. The van der Waals surface area contributed by atoms with Gasteiger partial charge in [-0.15, -0.1) is 0 Å². The Morgan fingerprint density at radius 2 is 2.04 bits per heavy atom. The molecule has 27 heavy (non-hydrogen) atoms. The number of amides is 1. The molecule has 3 rings (SSSR count). The predicted molar refractivity (Wildman–Crippen MR) is 103 cm³/mol. The number of hydrogen-bond donors (Lipinski definition) is 1. The fourth-order valence-electron chi connectivity index (χ4n) is 2.96. The largest absolute Gasteiger partial charge is 0.492 e. The molecule has 1 aliphatic rings. The van der Waals surface area contributed by atoms with Crippen LogP contribution in [-0.2, 0) is 27.2 Å². The van der Waals surface area contributed by atoms with E-state index in [4.69, 9.17) is 21.1 Å². The Bertz CT molecular complexity index is 809. The monoisotopic (exact) mass is 387 g/mol. The first-order chi connectivity index (χ1) is 13.0. The molecule has 0 bridgehead atoms. The van der Waals surface area contributed by atoms with Crippen LogP contribution >= 0.6 is 11.6 Å². The summed E-state index contributed by atoms with van der Waals surface area (Å²) in [5.41, 5.74) is 2.01. The first-order valence-electron chi connectivity index (χ1n) is 8.96. The van der Waals surface area contributed by atoms with Gasteiger partial charge in [0.25, 0.3) is 5.91 Å². The summed E-state index contributed by atoms with van der Waals surface area (Å²) in [6.45, 7) is 2.29. The Kier molecular flexibility index (Phi) is 6.35. The number of benzene rings is 2. The van der Waals surface area contributed by atoms with Gasteiger partial charge in [-0.2, -0.15) is 0 Å². The number of esters is 1. The number of ether oxygens (including phenoxy) is 2. The normalized spacial score (nSPS) is 16.6. The van der Waals surface area contributed by atoms with Crippen LogP contribution in [0.25, 0.3) is 0 Å². The Balaban J connectivity index is 1.46. The number of hydrogen-bond acceptors (Lipinski definition) is 4. The van der Waals surface area contributed by atoms with Crippen molar-refractivity contribution < 1.29 is 19.1 Å². The van der Waals surface area contributed by atoms with Gasteiger partial charge in [0.15, 0.2) is 6.10 Å². The molecule has 5 nitrogen and oxygen atoms in total. The van der Waals surface area contributed by atoms with Gasteiger partial charge in [-0.25, -0.2) is 0 Å². The van der Waals surface area contributed by atoms with Crippen LogP contribution < -0.4 is 10.1 Å². The van der Waals surface area contributed by atoms with Crippen LogP contribution in [0.4, 0.5) is 0 Å². The van der Waals surface area contributed by atoms with Crippen molar-refractivity contribution >= 4 is 23.5 Å². The second kappa shape index (κ2) is 8.91. The van der Waals surface area contributed by atoms with Gasteiger partial charge in [0, 0.05) is 11.6 Å². The van der Waals surface area contributed by atoms with E-state index in [0.29, 0.717) is 18.0 Å². The Morgan fingerprint density at radius 3 is 2.81 bits per heavy atom. The molecule has 142 valence electrons. The van der Waals surface area contributed by atoms with Gasteiger partial charge in [0.1, 0.15) is 12.4 Å². The molecule has 6 heteroatoms. The maximum atomic E-state index is 12.4. The maximum absolute atomic E-state index is 12.4. The molecule has 0 spiro atoms. The smallest absolute Gasteiger partial charge is 0.313 e. The van der Waals surface area contributed by atoms with Gasteiger partial charge in [-0.3, -0.25) is 9.59 Å². The summed E-state index contributed by atoms with van der Waals surface area (Å²) >= 11 is 6.00. The summed E-state index contributed by atoms with van der Waals surface area (Å²) < 4.78 is 10.9. The summed E-state index contributed by atoms with van der Waals surface area (Å²) in [5.74, 6) is -0.462. The number of carbonyl (C=O) groups is 2. The fourth-order valence-corrected chi connectivity index (χ4v) is 3.15. The quantitative estimate of drug-likeness (QED) is 0.773. The standard InChI is InChI=1S/C21H22ClNO4/c1-14(20(24)23-10-9-15-5-3-2-4-6-15)27-21(25)17-11-16-12-18(22)7-8-19(16)26-13-17/h2-8,12,14,17H,9-11,13H2,1H3,(H,23,24)/t14-,17+/m1/s1. The van der Waals surface area contributed by atoms with Crippen molar-refractivity contribution in [3.63, 3.8) is 0 Å². The van der Waals surface area contributed by atoms with Gasteiger partial charge >= 0.3 is 5.97 Å². The van der Waals surface area contributed by atoms with Crippen LogP contribution in [0.3, 0.4) is 0 Å². The Labute approximate surface area is 163 Å². The molecule has 1 heterocycles. The molecular formula is C21H22ClNO4. The first kappa shape index (κ1) is 19.2. The highest BCUT2D eigenvalue weighted by Crippen LogP contribution is 2.30. The third-order valence-electron chi connectivity index (χ3n) is 4.48. The second-order valence-electron chi connectivity index (χ2n) is 6.57. The fraction of sp³-hybridized carbons (Fsp3) is 0.333. The minimum atomic E-state index is -0.853. The van der Waals surface area contributed by atoms with Gasteiger partial charge in [-0.05, 0) is 49.1 Å². The lowest BCUT2D eigenvalue weighted by atomic mass is 9.97. The van der Waals surface area contributed by atoms with Crippen molar-refractivity contribution in [2.24, 2.45) is 5.92 Å². The summed E-state index contributed by atoms with van der Waals surface area (Å²) in [7, 11) is 0. The molecule has 2 aromatic rings. The van der Waals surface area contributed by atoms with Gasteiger partial charge in [-0.1, -0.05) is 41.9 Å². The number of rotatable bonds is 6. The van der Waals surface area contributed by atoms with Gasteiger partial charge < -0.3 is 14.8 Å². The Morgan fingerprint density at radius 1 is 1.26 bits per heavy atom. The van der Waals surface area contributed by atoms with Crippen molar-refractivity contribution in [1.82, 2.24) is 5.32 Å². The van der Waals surface area contributed by atoms with E-state index in [-0.39, 0.29) is 12.5 Å². The summed E-state index contributed by atoms with van der Waals surface area (Å²) in [6.07, 6.45) is 0.354. The third kappa shape index (κ3) is 5.23. The molecule has 0 radical (unpaired) electrons. The average molecular weight is 388 g/mol. The third-order valence-corrected chi connectivity index (χ3v) is 4.72. The lowest BCUT2D eigenvalue weighted by Gasteiger charge is -2.25. The average Bonchev–Trinajstić information content (AvgIpc) is 2.68. The molecule has 0 saturated carbocycles. The molecule has 0 aromatic heterocycles. The van der Waals surface area contributed by atoms with E-state index >= 15 is 0 Å². The number of halogens is 1. The van der Waals surface area contributed by atoms with Crippen LogP contribution in [0.5, 0.6) is 5.75 Å². The van der Waals surface area contributed by atoms with Crippen LogP contribution in [-0.4, -0.2) is 31.1 Å². The molecule has 2 atom stereocenters. The lowest BCUT2D eigenvalue weighted by Crippen LogP contribution is -2.39. The molecule has 0 aliphatic carbocycles. The summed E-state index contributed by atoms with van der Waals surface area (Å²) in [5, 5.41) is 3.39. The van der Waals surface area contributed by atoms with E-state index in [9.17, 15) is 9.59 Å². The van der Waals surface area contributed by atoms with Crippen LogP contribution in [0.15, 0.2) is 48.5 Å². The van der Waals surface area contributed by atoms with Crippen LogP contribution in [0, 0.1) is 5.92 Å². The SMILES string of the molecule is C[C@@H](OC(=O)[C@@H]1COc2ccc(Cl)cc2C1)C(=O)NCCc1ccccc1. The molecule has 0 unspecified atom stereocenters. The lowest BCUT2D eigenvalue weighted by molar-refractivity contribution is -0.160. The van der Waals surface area contributed by atoms with E-state index in [1.165, 1.54) is 0 Å². The van der Waals surface area contributed by atoms with Crippen molar-refractivity contribution in [1.29, 1.82) is 0 Å². The van der Waals surface area contributed by atoms with Crippen molar-refractivity contribution in [3.8, 4) is 5.75 Å². The van der Waals surface area contributed by atoms with E-state index in [0.717, 1.165) is 23.3 Å². The zero-order valence-electron chi connectivity index (χ0n) is 15.1. The molecule has 2 aromatic carbocycles. The molecular weight excluding hydrogens is 366 g/mol. The number of carbonyl (C=O) groups excluding carboxylic acids is 2. The highest BCUT2D eigenvalue weighted by atomic mass is 35.5. The van der Waals surface area contributed by atoms with E-state index in [2.05, 4.69) is 5.32 Å². The second-order valence-corrected chi connectivity index (χ2v) is 7.01. The highest BCUT2D eigenvalue weighted by Gasteiger charge is 2.29. The topological polar surface area (TPSA) is 64.6 Å². The van der Waals surface area contributed by atoms with E-state index < -0.39 is 18.0 Å². The van der Waals surface area contributed by atoms with Crippen molar-refractivity contribution in [3.05, 3.63) is 64.7 Å². The van der Waals surface area contributed by atoms with Crippen LogP contribution in [0.1, 0.15) is 18.1 Å². The van der Waals surface area contributed by atoms with E-state index in [1.807, 2.05) is 30.3 Å². The van der Waals surface area contributed by atoms with Crippen molar-refractivity contribution in [2.75, 3.05) is 13.2 Å². The summed E-state index contributed by atoms with van der Waals surface area (Å²) in [6, 6.07) is 15.2. The van der Waals surface area contributed by atoms with Gasteiger partial charge in [0.05, 0.1) is 5.92 Å². The summed E-state index contributed by atoms with van der Waals surface area (Å²) in [4.78, 5) is 24.5. The first-order valence-corrected chi connectivity index (χ1v) is 9.34. The molecule has 1 amide bonds. The van der Waals surface area contributed by atoms with Crippen LogP contribution in [0.2, 0.25) is 5.02 Å².